The number of amides is 1. The van der Waals surface area contributed by atoms with Gasteiger partial charge in [-0.3, -0.25) is 14.2 Å². The van der Waals surface area contributed by atoms with Gasteiger partial charge in [0.2, 0.25) is 5.91 Å². The van der Waals surface area contributed by atoms with Crippen LogP contribution in [-0.4, -0.2) is 27.9 Å². The number of imidazole rings is 1. The highest BCUT2D eigenvalue weighted by Gasteiger charge is 2.22. The minimum absolute atomic E-state index is 0.124. The van der Waals surface area contributed by atoms with Crippen LogP contribution in [0.3, 0.4) is 0 Å². The van der Waals surface area contributed by atoms with E-state index >= 15 is 0 Å². The first-order valence-corrected chi connectivity index (χ1v) is 3.80. The maximum Gasteiger partial charge on any atom is 0.269 e. The highest BCUT2D eigenvalue weighted by molar-refractivity contribution is 5.94. The van der Waals surface area contributed by atoms with Gasteiger partial charge in [-0.1, -0.05) is 0 Å². The lowest BCUT2D eigenvalue weighted by Gasteiger charge is -2.14. The first-order valence-electron chi connectivity index (χ1n) is 3.80. The molecule has 0 aromatic carbocycles. The van der Waals surface area contributed by atoms with Crippen LogP contribution in [0.2, 0.25) is 0 Å². The molecule has 0 aliphatic carbocycles. The Hall–Kier alpha value is -1.69. The van der Waals surface area contributed by atoms with E-state index in [1.807, 2.05) is 0 Å². The highest BCUT2D eigenvalue weighted by atomic mass is 16.2. The number of hydrogen-bond acceptors (Lipinski definition) is 4. The third-order valence-electron chi connectivity index (χ3n) is 1.94. The molecule has 0 atom stereocenters. The van der Waals surface area contributed by atoms with Gasteiger partial charge in [0.05, 0.1) is 12.2 Å². The molecule has 3 N–H and O–H groups in total. The molecule has 0 bridgehead atoms. The van der Waals surface area contributed by atoms with Gasteiger partial charge in [-0.25, -0.2) is 4.98 Å². The van der Waals surface area contributed by atoms with E-state index < -0.39 is 5.91 Å². The molecule has 0 unspecified atom stereocenters. The molecule has 1 aromatic heterocycles. The summed E-state index contributed by atoms with van der Waals surface area (Å²) in [6.07, 6.45) is 1.33. The Balaban J connectivity index is 2.53. The number of primary amides is 1. The zero-order valence-corrected chi connectivity index (χ0v) is 6.78. The first kappa shape index (κ1) is 7.93. The average Bonchev–Trinajstić information content (AvgIpc) is 2.48. The lowest BCUT2D eigenvalue weighted by molar-refractivity contribution is 0.0893. The molecule has 1 aromatic rings. The summed E-state index contributed by atoms with van der Waals surface area (Å²) in [4.78, 5) is 25.9. The summed E-state index contributed by atoms with van der Waals surface area (Å²) < 4.78 is 1.36. The van der Waals surface area contributed by atoms with Gasteiger partial charge >= 0.3 is 0 Å². The molecule has 0 saturated heterocycles. The van der Waals surface area contributed by atoms with E-state index in [1.54, 1.807) is 0 Å². The van der Waals surface area contributed by atoms with Crippen molar-refractivity contribution in [3.05, 3.63) is 17.7 Å². The predicted octanol–water partition coefficient (Wildman–Crippen LogP) is -1.27. The predicted molar refractivity (Wildman–Crippen MR) is 43.1 cm³/mol. The SMILES string of the molecule is NC(=O)c1ncn2c1CNCC2=O. The summed E-state index contributed by atoms with van der Waals surface area (Å²) in [7, 11) is 0. The minimum Gasteiger partial charge on any atom is -0.364 e. The van der Waals surface area contributed by atoms with Gasteiger partial charge in [-0.2, -0.15) is 0 Å². The molecule has 2 heterocycles. The summed E-state index contributed by atoms with van der Waals surface area (Å²) in [5.41, 5.74) is 5.79. The average molecular weight is 180 g/mol. The number of rotatable bonds is 1. The van der Waals surface area contributed by atoms with Gasteiger partial charge < -0.3 is 11.1 Å². The van der Waals surface area contributed by atoms with Crippen LogP contribution < -0.4 is 11.1 Å². The van der Waals surface area contributed by atoms with E-state index in [4.69, 9.17) is 5.73 Å². The molecule has 0 radical (unpaired) electrons. The number of nitrogens with zero attached hydrogens (tertiary/aromatic N) is 2. The van der Waals surface area contributed by atoms with Crippen molar-refractivity contribution >= 4 is 11.8 Å². The van der Waals surface area contributed by atoms with Crippen LogP contribution in [0.5, 0.6) is 0 Å². The number of aromatic nitrogens is 2. The van der Waals surface area contributed by atoms with Gasteiger partial charge in [0.15, 0.2) is 5.69 Å². The minimum atomic E-state index is -0.606. The molecule has 0 saturated carbocycles. The summed E-state index contributed by atoms with van der Waals surface area (Å²) >= 11 is 0. The number of carbonyl (C=O) groups excluding carboxylic acids is 2. The van der Waals surface area contributed by atoms with E-state index in [2.05, 4.69) is 10.3 Å². The smallest absolute Gasteiger partial charge is 0.269 e. The largest absolute Gasteiger partial charge is 0.364 e. The van der Waals surface area contributed by atoms with Crippen molar-refractivity contribution < 1.29 is 9.59 Å². The van der Waals surface area contributed by atoms with Crippen LogP contribution in [0, 0.1) is 0 Å². The molecule has 1 amide bonds. The van der Waals surface area contributed by atoms with Crippen molar-refractivity contribution in [1.29, 1.82) is 0 Å². The number of nitrogens with one attached hydrogen (secondary N) is 1. The van der Waals surface area contributed by atoms with Crippen molar-refractivity contribution in [2.45, 2.75) is 6.54 Å². The lowest BCUT2D eigenvalue weighted by atomic mass is 10.2. The van der Waals surface area contributed by atoms with E-state index in [-0.39, 0.29) is 18.1 Å². The van der Waals surface area contributed by atoms with Crippen molar-refractivity contribution in [1.82, 2.24) is 14.9 Å². The molecule has 2 rings (SSSR count). The summed E-state index contributed by atoms with van der Waals surface area (Å²) in [6.45, 7) is 0.714. The van der Waals surface area contributed by atoms with Gasteiger partial charge in [0, 0.05) is 6.54 Å². The molecular formula is C7H8N4O2. The standard InChI is InChI=1S/C7H8N4O2/c8-7(13)6-4-1-9-2-5(12)11(4)3-10-6/h3,9H,1-2H2,(H2,8,13). The Morgan fingerprint density at radius 2 is 2.38 bits per heavy atom. The second-order valence-electron chi connectivity index (χ2n) is 2.77. The van der Waals surface area contributed by atoms with Crippen LogP contribution in [0.25, 0.3) is 0 Å². The van der Waals surface area contributed by atoms with Gasteiger partial charge in [0.1, 0.15) is 6.33 Å². The molecule has 1 aliphatic heterocycles. The number of hydrogen-bond donors (Lipinski definition) is 2. The Kier molecular flexibility index (Phi) is 1.63. The second-order valence-corrected chi connectivity index (χ2v) is 2.77. The fourth-order valence-electron chi connectivity index (χ4n) is 1.34. The molecular weight excluding hydrogens is 172 g/mol. The maximum absolute atomic E-state index is 11.2. The number of carbonyl (C=O) groups is 2. The molecule has 0 fully saturated rings. The first-order chi connectivity index (χ1) is 6.20. The van der Waals surface area contributed by atoms with E-state index in [9.17, 15) is 9.59 Å². The van der Waals surface area contributed by atoms with Crippen molar-refractivity contribution in [2.75, 3.05) is 6.54 Å². The van der Waals surface area contributed by atoms with Gasteiger partial charge in [-0.05, 0) is 0 Å². The van der Waals surface area contributed by atoms with Gasteiger partial charge in [-0.15, -0.1) is 0 Å². The molecule has 68 valence electrons. The fourth-order valence-corrected chi connectivity index (χ4v) is 1.34. The van der Waals surface area contributed by atoms with Crippen molar-refractivity contribution in [3.63, 3.8) is 0 Å². The Morgan fingerprint density at radius 3 is 3.08 bits per heavy atom. The van der Waals surface area contributed by atoms with Crippen LogP contribution >= 0.6 is 0 Å². The third kappa shape index (κ3) is 1.11. The van der Waals surface area contributed by atoms with E-state index in [1.165, 1.54) is 10.9 Å². The monoisotopic (exact) mass is 180 g/mol. The summed E-state index contributed by atoms with van der Waals surface area (Å²) in [5, 5.41) is 2.85. The molecule has 1 aliphatic rings. The van der Waals surface area contributed by atoms with Crippen LogP contribution in [0.15, 0.2) is 6.33 Å². The Bertz CT molecular complexity index is 368. The topological polar surface area (TPSA) is 90.0 Å². The summed E-state index contributed by atoms with van der Waals surface area (Å²) in [5.74, 6) is -0.730. The zero-order chi connectivity index (χ0) is 9.42. The zero-order valence-electron chi connectivity index (χ0n) is 6.78. The van der Waals surface area contributed by atoms with E-state index in [0.717, 1.165) is 0 Å². The quantitative estimate of drug-likeness (QED) is 0.563. The summed E-state index contributed by atoms with van der Waals surface area (Å²) in [6, 6.07) is 0. The molecule has 6 heteroatoms. The van der Waals surface area contributed by atoms with E-state index in [0.29, 0.717) is 12.2 Å². The third-order valence-corrected chi connectivity index (χ3v) is 1.94. The molecule has 0 spiro atoms. The van der Waals surface area contributed by atoms with Crippen LogP contribution in [0.1, 0.15) is 21.0 Å². The fraction of sp³-hybridized carbons (Fsp3) is 0.286. The normalized spacial score (nSPS) is 15.5. The van der Waals surface area contributed by atoms with Crippen LogP contribution in [0.4, 0.5) is 0 Å². The van der Waals surface area contributed by atoms with Crippen molar-refractivity contribution in [3.8, 4) is 0 Å². The Labute approximate surface area is 73.7 Å². The highest BCUT2D eigenvalue weighted by Crippen LogP contribution is 2.09. The second kappa shape index (κ2) is 2.67. The Morgan fingerprint density at radius 1 is 1.62 bits per heavy atom. The molecule has 6 nitrogen and oxygen atoms in total. The van der Waals surface area contributed by atoms with Crippen molar-refractivity contribution in [2.24, 2.45) is 5.73 Å². The maximum atomic E-state index is 11.2. The molecule has 13 heavy (non-hydrogen) atoms. The number of nitrogens with two attached hydrogens (primary N) is 1. The lowest BCUT2D eigenvalue weighted by Crippen LogP contribution is -2.35. The van der Waals surface area contributed by atoms with Gasteiger partial charge in [0.25, 0.3) is 5.91 Å². The van der Waals surface area contributed by atoms with Crippen LogP contribution in [-0.2, 0) is 6.54 Å². The number of fused-ring (bicyclic) bond motifs is 1.